The molecule has 2 aromatic rings. The normalized spacial score (nSPS) is 16.2. The summed E-state index contributed by atoms with van der Waals surface area (Å²) in [5.74, 6) is 0.340. The van der Waals surface area contributed by atoms with Crippen molar-refractivity contribution in [3.63, 3.8) is 0 Å². The minimum Gasteiger partial charge on any atom is -0.484 e. The van der Waals surface area contributed by atoms with Crippen molar-refractivity contribution in [1.29, 1.82) is 0 Å². The number of ether oxygens (including phenoxy) is 1. The Kier molecular flexibility index (Phi) is 5.82. The highest BCUT2D eigenvalue weighted by Crippen LogP contribution is 2.31. The summed E-state index contributed by atoms with van der Waals surface area (Å²) < 4.78 is 32.3. The molecule has 0 unspecified atom stereocenters. The molecule has 1 amide bonds. The van der Waals surface area contributed by atoms with Crippen LogP contribution in [0.3, 0.4) is 0 Å². The van der Waals surface area contributed by atoms with E-state index in [0.717, 1.165) is 24.1 Å². The van der Waals surface area contributed by atoms with E-state index in [1.165, 1.54) is 12.1 Å². The van der Waals surface area contributed by atoms with Gasteiger partial charge in [0.1, 0.15) is 5.75 Å². The van der Waals surface area contributed by atoms with Gasteiger partial charge in [0.25, 0.3) is 5.91 Å². The fraction of sp³-hybridized carbons (Fsp3) is 0.350. The van der Waals surface area contributed by atoms with Crippen LogP contribution in [0.4, 0.5) is 5.69 Å². The Balaban J connectivity index is 1.63. The lowest BCUT2D eigenvalue weighted by Crippen LogP contribution is -2.39. The average molecular weight is 388 g/mol. The fourth-order valence-corrected chi connectivity index (χ4v) is 4.33. The maximum absolute atomic E-state index is 12.6. The van der Waals surface area contributed by atoms with Crippen molar-refractivity contribution < 1.29 is 17.9 Å². The number of rotatable bonds is 7. The SMILES string of the molecule is CCCNS(=O)(=O)c1ccc(OCC(=O)N2c3ccccc3C[C@H]2C)cc1. The number of carbonyl (C=O) groups is 1. The summed E-state index contributed by atoms with van der Waals surface area (Å²) in [4.78, 5) is 14.6. The van der Waals surface area contributed by atoms with E-state index in [4.69, 9.17) is 4.74 Å². The average Bonchev–Trinajstić information content (AvgIpc) is 3.00. The molecule has 0 fully saturated rings. The van der Waals surface area contributed by atoms with Gasteiger partial charge in [-0.05, 0) is 55.7 Å². The highest BCUT2D eigenvalue weighted by atomic mass is 32.2. The molecule has 6 nitrogen and oxygen atoms in total. The largest absolute Gasteiger partial charge is 0.484 e. The molecule has 1 atom stereocenters. The molecule has 1 heterocycles. The molecule has 0 bridgehead atoms. The van der Waals surface area contributed by atoms with Crippen LogP contribution in [0.1, 0.15) is 25.8 Å². The van der Waals surface area contributed by atoms with Crippen LogP contribution in [-0.2, 0) is 21.2 Å². The van der Waals surface area contributed by atoms with Gasteiger partial charge in [-0.15, -0.1) is 0 Å². The van der Waals surface area contributed by atoms with Crippen LogP contribution in [-0.4, -0.2) is 33.5 Å². The summed E-state index contributed by atoms with van der Waals surface area (Å²) in [6.07, 6.45) is 1.56. The van der Waals surface area contributed by atoms with Crippen LogP contribution in [0.2, 0.25) is 0 Å². The predicted molar refractivity (Wildman–Crippen MR) is 105 cm³/mol. The Morgan fingerprint density at radius 3 is 2.59 bits per heavy atom. The highest BCUT2D eigenvalue weighted by Gasteiger charge is 2.30. The number of hydrogen-bond donors (Lipinski definition) is 1. The lowest BCUT2D eigenvalue weighted by Gasteiger charge is -2.22. The van der Waals surface area contributed by atoms with E-state index in [2.05, 4.69) is 4.72 Å². The van der Waals surface area contributed by atoms with Crippen molar-refractivity contribution in [3.8, 4) is 5.75 Å². The number of benzene rings is 2. The molecule has 0 saturated heterocycles. The standard InChI is InChI=1S/C20H24N2O4S/c1-3-12-21-27(24,25)18-10-8-17(9-11-18)26-14-20(23)22-15(2)13-16-6-4-5-7-19(16)22/h4-11,15,21H,3,12-14H2,1-2H3/t15-/m1/s1. The molecule has 0 spiro atoms. The van der Waals surface area contributed by atoms with Crippen molar-refractivity contribution in [3.05, 3.63) is 54.1 Å². The summed E-state index contributed by atoms with van der Waals surface area (Å²) in [5.41, 5.74) is 2.09. The first-order valence-electron chi connectivity index (χ1n) is 9.05. The predicted octanol–water partition coefficient (Wildman–Crippen LogP) is 2.73. The summed E-state index contributed by atoms with van der Waals surface area (Å²) >= 11 is 0. The minimum atomic E-state index is -3.51. The van der Waals surface area contributed by atoms with E-state index in [-0.39, 0.29) is 23.5 Å². The van der Waals surface area contributed by atoms with E-state index in [9.17, 15) is 13.2 Å². The fourth-order valence-electron chi connectivity index (χ4n) is 3.19. The van der Waals surface area contributed by atoms with Gasteiger partial charge in [-0.2, -0.15) is 0 Å². The molecule has 0 radical (unpaired) electrons. The number of fused-ring (bicyclic) bond motifs is 1. The Morgan fingerprint density at radius 2 is 1.89 bits per heavy atom. The number of carbonyl (C=O) groups excluding carboxylic acids is 1. The molecular formula is C20H24N2O4S. The molecule has 144 valence electrons. The number of sulfonamides is 1. The van der Waals surface area contributed by atoms with Crippen LogP contribution < -0.4 is 14.4 Å². The maximum atomic E-state index is 12.6. The molecule has 2 aromatic carbocycles. The number of nitrogens with zero attached hydrogens (tertiary/aromatic N) is 1. The van der Waals surface area contributed by atoms with E-state index in [1.54, 1.807) is 17.0 Å². The molecular weight excluding hydrogens is 364 g/mol. The summed E-state index contributed by atoms with van der Waals surface area (Å²) in [6, 6.07) is 14.0. The lowest BCUT2D eigenvalue weighted by molar-refractivity contribution is -0.120. The van der Waals surface area contributed by atoms with Crippen LogP contribution in [0.25, 0.3) is 0 Å². The van der Waals surface area contributed by atoms with E-state index >= 15 is 0 Å². The first-order valence-corrected chi connectivity index (χ1v) is 10.5. The van der Waals surface area contributed by atoms with Gasteiger partial charge >= 0.3 is 0 Å². The van der Waals surface area contributed by atoms with Crippen LogP contribution in [0.5, 0.6) is 5.75 Å². The second kappa shape index (κ2) is 8.10. The van der Waals surface area contributed by atoms with E-state index in [1.807, 2.05) is 38.1 Å². The van der Waals surface area contributed by atoms with Crippen molar-refractivity contribution >= 4 is 21.6 Å². The van der Waals surface area contributed by atoms with Gasteiger partial charge < -0.3 is 9.64 Å². The third-order valence-corrected chi connectivity index (χ3v) is 5.99. The second-order valence-corrected chi connectivity index (χ2v) is 8.37. The monoisotopic (exact) mass is 388 g/mol. The van der Waals surface area contributed by atoms with Crippen LogP contribution in [0.15, 0.2) is 53.4 Å². The molecule has 1 aliphatic heterocycles. The summed E-state index contributed by atoms with van der Waals surface area (Å²) in [6.45, 7) is 4.21. The van der Waals surface area contributed by atoms with Gasteiger partial charge in [-0.1, -0.05) is 25.1 Å². The number of para-hydroxylation sites is 1. The first-order chi connectivity index (χ1) is 12.9. The molecule has 3 rings (SSSR count). The van der Waals surface area contributed by atoms with Gasteiger partial charge in [0, 0.05) is 18.3 Å². The Bertz CT molecular complexity index is 910. The molecule has 7 heteroatoms. The number of hydrogen-bond acceptors (Lipinski definition) is 4. The minimum absolute atomic E-state index is 0.0932. The third-order valence-electron chi connectivity index (χ3n) is 4.51. The van der Waals surface area contributed by atoms with Gasteiger partial charge in [-0.25, -0.2) is 13.1 Å². The third kappa shape index (κ3) is 4.31. The molecule has 0 saturated carbocycles. The molecule has 0 aliphatic carbocycles. The maximum Gasteiger partial charge on any atom is 0.265 e. The van der Waals surface area contributed by atoms with E-state index < -0.39 is 10.0 Å². The number of nitrogens with one attached hydrogen (secondary N) is 1. The Hall–Kier alpha value is -2.38. The zero-order valence-electron chi connectivity index (χ0n) is 15.5. The Labute approximate surface area is 160 Å². The Morgan fingerprint density at radius 1 is 1.19 bits per heavy atom. The van der Waals surface area contributed by atoms with Crippen molar-refractivity contribution in [2.24, 2.45) is 0 Å². The quantitative estimate of drug-likeness (QED) is 0.791. The van der Waals surface area contributed by atoms with Gasteiger partial charge in [-0.3, -0.25) is 4.79 Å². The first kappa shape index (κ1) is 19.4. The zero-order valence-corrected chi connectivity index (χ0v) is 16.3. The molecule has 1 aliphatic rings. The smallest absolute Gasteiger partial charge is 0.265 e. The highest BCUT2D eigenvalue weighted by molar-refractivity contribution is 7.89. The van der Waals surface area contributed by atoms with Crippen molar-refractivity contribution in [2.75, 3.05) is 18.1 Å². The second-order valence-electron chi connectivity index (χ2n) is 6.60. The molecule has 27 heavy (non-hydrogen) atoms. The van der Waals surface area contributed by atoms with Crippen LogP contribution >= 0.6 is 0 Å². The van der Waals surface area contributed by atoms with Crippen molar-refractivity contribution in [1.82, 2.24) is 4.72 Å². The van der Waals surface area contributed by atoms with Gasteiger partial charge in [0.2, 0.25) is 10.0 Å². The summed E-state index contributed by atoms with van der Waals surface area (Å²) in [5, 5.41) is 0. The summed E-state index contributed by atoms with van der Waals surface area (Å²) in [7, 11) is -3.51. The van der Waals surface area contributed by atoms with Gasteiger partial charge in [0.05, 0.1) is 4.90 Å². The number of amides is 1. The van der Waals surface area contributed by atoms with E-state index in [0.29, 0.717) is 12.3 Å². The molecule has 0 aromatic heterocycles. The van der Waals surface area contributed by atoms with Crippen LogP contribution in [0, 0.1) is 0 Å². The molecule has 1 N–H and O–H groups in total. The lowest BCUT2D eigenvalue weighted by atomic mass is 10.1. The zero-order chi connectivity index (χ0) is 19.4. The van der Waals surface area contributed by atoms with Gasteiger partial charge in [0.15, 0.2) is 6.61 Å². The van der Waals surface area contributed by atoms with Crippen molar-refractivity contribution in [2.45, 2.75) is 37.6 Å². The topological polar surface area (TPSA) is 75.7 Å². The number of anilines is 1.